The molecule has 0 fully saturated rings. The molecule has 1 aromatic rings. The Morgan fingerprint density at radius 1 is 1.38 bits per heavy atom. The summed E-state index contributed by atoms with van der Waals surface area (Å²) in [5.41, 5.74) is 1.12. The first-order chi connectivity index (χ1) is 6.38. The first-order valence-corrected chi connectivity index (χ1v) is 5.28. The zero-order valence-corrected chi connectivity index (χ0v) is 8.62. The molecule has 0 spiro atoms. The molecule has 0 aliphatic rings. The van der Waals surface area contributed by atoms with E-state index in [1.165, 1.54) is 25.7 Å². The van der Waals surface area contributed by atoms with Gasteiger partial charge in [0.05, 0.1) is 5.69 Å². The molecule has 1 heterocycles. The van der Waals surface area contributed by atoms with Crippen molar-refractivity contribution in [3.8, 4) is 0 Å². The maximum Gasteiger partial charge on any atom is 0.124 e. The summed E-state index contributed by atoms with van der Waals surface area (Å²) in [7, 11) is 0. The molecule has 1 atom stereocenters. The summed E-state index contributed by atoms with van der Waals surface area (Å²) in [6, 6.07) is 1.99. The summed E-state index contributed by atoms with van der Waals surface area (Å²) in [6.07, 6.45) is 8.00. The van der Waals surface area contributed by atoms with Crippen molar-refractivity contribution in [2.45, 2.75) is 51.9 Å². The zero-order valence-electron chi connectivity index (χ0n) is 8.62. The summed E-state index contributed by atoms with van der Waals surface area (Å²) < 4.78 is 4.85. The Kier molecular flexibility index (Phi) is 4.58. The fourth-order valence-corrected chi connectivity index (χ4v) is 1.63. The second-order valence-corrected chi connectivity index (χ2v) is 3.53. The Labute approximate surface area is 80.3 Å². The summed E-state index contributed by atoms with van der Waals surface area (Å²) in [5.74, 6) is 0.602. The normalized spacial score (nSPS) is 13.1. The third-order valence-corrected chi connectivity index (χ3v) is 2.52. The molecule has 13 heavy (non-hydrogen) atoms. The van der Waals surface area contributed by atoms with E-state index >= 15 is 0 Å². The van der Waals surface area contributed by atoms with E-state index in [2.05, 4.69) is 19.0 Å². The van der Waals surface area contributed by atoms with Gasteiger partial charge in [-0.15, -0.1) is 0 Å². The van der Waals surface area contributed by atoms with Crippen LogP contribution >= 0.6 is 0 Å². The van der Waals surface area contributed by atoms with Crippen LogP contribution in [0.5, 0.6) is 0 Å². The molecular weight excluding hydrogens is 162 g/mol. The fourth-order valence-electron chi connectivity index (χ4n) is 1.63. The predicted octanol–water partition coefficient (Wildman–Crippen LogP) is 3.75. The van der Waals surface area contributed by atoms with Crippen LogP contribution in [0.3, 0.4) is 0 Å². The van der Waals surface area contributed by atoms with Gasteiger partial charge < -0.3 is 4.52 Å². The average Bonchev–Trinajstić information content (AvgIpc) is 2.65. The van der Waals surface area contributed by atoms with Gasteiger partial charge in [-0.25, -0.2) is 0 Å². The van der Waals surface area contributed by atoms with Crippen LogP contribution in [0, 0.1) is 0 Å². The molecule has 0 aliphatic heterocycles. The molecule has 0 radical (unpaired) electrons. The van der Waals surface area contributed by atoms with Crippen molar-refractivity contribution in [1.29, 1.82) is 0 Å². The number of unbranched alkanes of at least 4 members (excludes halogenated alkanes) is 2. The van der Waals surface area contributed by atoms with Crippen LogP contribution in [-0.4, -0.2) is 5.16 Å². The van der Waals surface area contributed by atoms with E-state index in [-0.39, 0.29) is 0 Å². The lowest BCUT2D eigenvalue weighted by Gasteiger charge is -2.10. The third-order valence-electron chi connectivity index (χ3n) is 2.52. The molecule has 0 N–H and O–H groups in total. The van der Waals surface area contributed by atoms with E-state index in [1.807, 2.05) is 6.07 Å². The Hall–Kier alpha value is -0.790. The number of nitrogens with zero attached hydrogens (tertiary/aromatic N) is 1. The highest BCUT2D eigenvalue weighted by atomic mass is 16.5. The molecule has 1 unspecified atom stereocenters. The summed E-state index contributed by atoms with van der Waals surface area (Å²) in [5, 5.41) is 3.99. The predicted molar refractivity (Wildman–Crippen MR) is 53.7 cm³/mol. The van der Waals surface area contributed by atoms with Gasteiger partial charge >= 0.3 is 0 Å². The van der Waals surface area contributed by atoms with Crippen LogP contribution in [-0.2, 0) is 0 Å². The van der Waals surface area contributed by atoms with Gasteiger partial charge in [0.2, 0.25) is 0 Å². The number of rotatable bonds is 6. The van der Waals surface area contributed by atoms with E-state index in [4.69, 9.17) is 4.52 Å². The van der Waals surface area contributed by atoms with Gasteiger partial charge in [-0.05, 0) is 12.8 Å². The third kappa shape index (κ3) is 3.21. The van der Waals surface area contributed by atoms with Gasteiger partial charge in [0.15, 0.2) is 0 Å². The van der Waals surface area contributed by atoms with Crippen molar-refractivity contribution in [1.82, 2.24) is 5.16 Å². The number of hydrogen-bond acceptors (Lipinski definition) is 2. The molecule has 0 saturated heterocycles. The molecule has 1 rings (SSSR count). The summed E-state index contributed by atoms with van der Waals surface area (Å²) in [4.78, 5) is 0. The van der Waals surface area contributed by atoms with Gasteiger partial charge in [-0.1, -0.05) is 38.3 Å². The standard InChI is InChI=1S/C11H19NO/c1-3-5-6-7-10(4-2)11-8-9-13-12-11/h8-10H,3-7H2,1-2H3. The van der Waals surface area contributed by atoms with Crippen molar-refractivity contribution in [2.75, 3.05) is 0 Å². The number of hydrogen-bond donors (Lipinski definition) is 0. The van der Waals surface area contributed by atoms with Crippen LogP contribution < -0.4 is 0 Å². The molecule has 0 aromatic carbocycles. The van der Waals surface area contributed by atoms with Crippen molar-refractivity contribution < 1.29 is 4.52 Å². The minimum Gasteiger partial charge on any atom is -0.365 e. The molecule has 0 bridgehead atoms. The first kappa shape index (κ1) is 10.3. The van der Waals surface area contributed by atoms with Crippen molar-refractivity contribution in [3.63, 3.8) is 0 Å². The minimum atomic E-state index is 0.602. The number of aromatic nitrogens is 1. The second kappa shape index (κ2) is 5.79. The smallest absolute Gasteiger partial charge is 0.124 e. The van der Waals surface area contributed by atoms with Crippen molar-refractivity contribution >= 4 is 0 Å². The minimum absolute atomic E-state index is 0.602. The first-order valence-electron chi connectivity index (χ1n) is 5.28. The van der Waals surface area contributed by atoms with E-state index < -0.39 is 0 Å². The highest BCUT2D eigenvalue weighted by Gasteiger charge is 2.11. The Morgan fingerprint density at radius 2 is 2.23 bits per heavy atom. The molecule has 1 aromatic heterocycles. The van der Waals surface area contributed by atoms with Crippen molar-refractivity contribution in [2.24, 2.45) is 0 Å². The largest absolute Gasteiger partial charge is 0.365 e. The van der Waals surface area contributed by atoms with E-state index in [0.29, 0.717) is 5.92 Å². The average molecular weight is 181 g/mol. The molecule has 2 heteroatoms. The van der Waals surface area contributed by atoms with Gasteiger partial charge in [-0.3, -0.25) is 0 Å². The van der Waals surface area contributed by atoms with Crippen LogP contribution in [0.1, 0.15) is 57.6 Å². The zero-order chi connectivity index (χ0) is 9.52. The SMILES string of the molecule is CCCCCC(CC)c1ccon1. The highest BCUT2D eigenvalue weighted by Crippen LogP contribution is 2.23. The second-order valence-electron chi connectivity index (χ2n) is 3.53. The van der Waals surface area contributed by atoms with Crippen molar-refractivity contribution in [3.05, 3.63) is 18.0 Å². The van der Waals surface area contributed by atoms with E-state index in [1.54, 1.807) is 6.26 Å². The quantitative estimate of drug-likeness (QED) is 0.625. The van der Waals surface area contributed by atoms with Gasteiger partial charge in [0.1, 0.15) is 6.26 Å². The van der Waals surface area contributed by atoms with Crippen LogP contribution in [0.4, 0.5) is 0 Å². The highest BCUT2D eigenvalue weighted by molar-refractivity contribution is 5.03. The van der Waals surface area contributed by atoms with Gasteiger partial charge in [0.25, 0.3) is 0 Å². The lowest BCUT2D eigenvalue weighted by Crippen LogP contribution is -1.97. The Bertz CT molecular complexity index is 206. The summed E-state index contributed by atoms with van der Waals surface area (Å²) in [6.45, 7) is 4.45. The van der Waals surface area contributed by atoms with E-state index in [9.17, 15) is 0 Å². The Balaban J connectivity index is 2.35. The molecule has 2 nitrogen and oxygen atoms in total. The monoisotopic (exact) mass is 181 g/mol. The van der Waals surface area contributed by atoms with Crippen LogP contribution in [0.25, 0.3) is 0 Å². The fraction of sp³-hybridized carbons (Fsp3) is 0.727. The topological polar surface area (TPSA) is 26.0 Å². The van der Waals surface area contributed by atoms with Gasteiger partial charge in [0, 0.05) is 12.0 Å². The van der Waals surface area contributed by atoms with Crippen LogP contribution in [0.15, 0.2) is 16.9 Å². The molecule has 0 aliphatic carbocycles. The molecule has 74 valence electrons. The maximum absolute atomic E-state index is 4.85. The van der Waals surface area contributed by atoms with Crippen LogP contribution in [0.2, 0.25) is 0 Å². The molecule has 0 amide bonds. The maximum atomic E-state index is 4.85. The lowest BCUT2D eigenvalue weighted by atomic mass is 9.95. The lowest BCUT2D eigenvalue weighted by molar-refractivity contribution is 0.398. The van der Waals surface area contributed by atoms with E-state index in [0.717, 1.165) is 12.1 Å². The van der Waals surface area contributed by atoms with Gasteiger partial charge in [-0.2, -0.15) is 0 Å². The molecular formula is C11H19NO. The Morgan fingerprint density at radius 3 is 2.77 bits per heavy atom. The molecule has 0 saturated carbocycles. The summed E-state index contributed by atoms with van der Waals surface area (Å²) >= 11 is 0.